The van der Waals surface area contributed by atoms with Gasteiger partial charge in [-0.2, -0.15) is 0 Å². The van der Waals surface area contributed by atoms with Crippen molar-refractivity contribution in [2.75, 3.05) is 13.1 Å². The van der Waals surface area contributed by atoms with Crippen LogP contribution in [0.3, 0.4) is 0 Å². The number of pyridine rings is 1. The molecule has 1 N–H and O–H groups in total. The molecule has 1 fully saturated rings. The molecule has 2 aromatic heterocycles. The minimum Gasteiger partial charge on any atom is -0.360 e. The van der Waals surface area contributed by atoms with E-state index in [4.69, 9.17) is 0 Å². The van der Waals surface area contributed by atoms with E-state index in [1.165, 1.54) is 22.8 Å². The summed E-state index contributed by atoms with van der Waals surface area (Å²) >= 11 is 0. The summed E-state index contributed by atoms with van der Waals surface area (Å²) in [5.74, 6) is 0.357. The standard InChI is InChI=1S/C29H26FN3/c30-25-8-4-7-23(15-25)29-28(21-9-12-31-13-10-21)27(18-32-29)22-11-14-33-19-24(17-26(33)16-22)20-5-2-1-3-6-20/h1-10,12-13,15-16,18,24,26,32H,11,14,17,19H2. The number of halogens is 1. The van der Waals surface area contributed by atoms with Crippen molar-refractivity contribution in [2.45, 2.75) is 24.8 Å². The van der Waals surface area contributed by atoms with Gasteiger partial charge in [-0.3, -0.25) is 9.88 Å². The van der Waals surface area contributed by atoms with Gasteiger partial charge in [0.15, 0.2) is 0 Å². The minimum absolute atomic E-state index is 0.227. The first kappa shape index (κ1) is 20.1. The van der Waals surface area contributed by atoms with Crippen molar-refractivity contribution >= 4 is 5.57 Å². The largest absolute Gasteiger partial charge is 0.360 e. The molecule has 1 saturated heterocycles. The molecule has 0 bridgehead atoms. The van der Waals surface area contributed by atoms with Gasteiger partial charge in [0.1, 0.15) is 5.82 Å². The first-order chi connectivity index (χ1) is 16.3. The second kappa shape index (κ2) is 8.45. The maximum absolute atomic E-state index is 14.0. The fourth-order valence-electron chi connectivity index (χ4n) is 5.50. The number of hydrogen-bond acceptors (Lipinski definition) is 2. The van der Waals surface area contributed by atoms with Crippen molar-refractivity contribution in [3.05, 3.63) is 108 Å². The Bertz CT molecular complexity index is 1290. The molecule has 4 heteroatoms. The van der Waals surface area contributed by atoms with Crippen LogP contribution in [0.5, 0.6) is 0 Å². The van der Waals surface area contributed by atoms with Gasteiger partial charge >= 0.3 is 0 Å². The fourth-order valence-corrected chi connectivity index (χ4v) is 5.50. The van der Waals surface area contributed by atoms with E-state index in [9.17, 15) is 4.39 Å². The highest BCUT2D eigenvalue weighted by molar-refractivity contribution is 5.91. The van der Waals surface area contributed by atoms with E-state index in [-0.39, 0.29) is 5.82 Å². The van der Waals surface area contributed by atoms with Crippen LogP contribution in [0.25, 0.3) is 28.0 Å². The van der Waals surface area contributed by atoms with E-state index in [1.54, 1.807) is 12.1 Å². The van der Waals surface area contributed by atoms with Gasteiger partial charge in [0.05, 0.1) is 5.69 Å². The molecule has 164 valence electrons. The highest BCUT2D eigenvalue weighted by Gasteiger charge is 2.34. The quantitative estimate of drug-likeness (QED) is 0.395. The topological polar surface area (TPSA) is 31.9 Å². The van der Waals surface area contributed by atoms with Gasteiger partial charge in [-0.05, 0) is 59.7 Å². The predicted octanol–water partition coefficient (Wildman–Crippen LogP) is 6.53. The van der Waals surface area contributed by atoms with E-state index in [2.05, 4.69) is 57.5 Å². The Hall–Kier alpha value is -3.50. The molecule has 0 aliphatic carbocycles. The number of aromatic amines is 1. The van der Waals surface area contributed by atoms with Crippen molar-refractivity contribution in [3.63, 3.8) is 0 Å². The molecular formula is C29H26FN3. The summed E-state index contributed by atoms with van der Waals surface area (Å²) in [5, 5.41) is 0. The third-order valence-corrected chi connectivity index (χ3v) is 7.09. The zero-order valence-electron chi connectivity index (χ0n) is 18.4. The van der Waals surface area contributed by atoms with Gasteiger partial charge in [0, 0.05) is 54.4 Å². The van der Waals surface area contributed by atoms with Crippen LogP contribution in [0.15, 0.2) is 91.4 Å². The van der Waals surface area contributed by atoms with E-state index in [1.807, 2.05) is 30.6 Å². The number of hydrogen-bond donors (Lipinski definition) is 1. The molecule has 2 aliphatic heterocycles. The van der Waals surface area contributed by atoms with Gasteiger partial charge in [0.2, 0.25) is 0 Å². The van der Waals surface area contributed by atoms with Crippen LogP contribution in [0.1, 0.15) is 29.9 Å². The molecule has 0 amide bonds. The Morgan fingerprint density at radius 2 is 1.79 bits per heavy atom. The summed E-state index contributed by atoms with van der Waals surface area (Å²) in [6.45, 7) is 2.19. The Kier molecular flexibility index (Phi) is 5.16. The lowest BCUT2D eigenvalue weighted by atomic mass is 9.90. The van der Waals surface area contributed by atoms with Crippen LogP contribution in [-0.2, 0) is 0 Å². The highest BCUT2D eigenvalue weighted by Crippen LogP contribution is 2.42. The van der Waals surface area contributed by atoms with Crippen LogP contribution in [-0.4, -0.2) is 34.0 Å². The molecule has 6 rings (SSSR count). The molecule has 2 aromatic carbocycles. The molecule has 3 nitrogen and oxygen atoms in total. The minimum atomic E-state index is -0.227. The number of benzene rings is 2. The second-order valence-corrected chi connectivity index (χ2v) is 9.05. The maximum atomic E-state index is 14.0. The molecule has 0 saturated carbocycles. The average Bonchev–Trinajstić information content (AvgIpc) is 3.49. The summed E-state index contributed by atoms with van der Waals surface area (Å²) in [6.07, 6.45) is 10.4. The van der Waals surface area contributed by atoms with Gasteiger partial charge in [-0.25, -0.2) is 4.39 Å². The van der Waals surface area contributed by atoms with Crippen molar-refractivity contribution in [3.8, 4) is 22.4 Å². The average molecular weight is 436 g/mol. The number of nitrogens with zero attached hydrogens (tertiary/aromatic N) is 2. The van der Waals surface area contributed by atoms with Gasteiger partial charge in [-0.1, -0.05) is 48.5 Å². The van der Waals surface area contributed by atoms with Crippen LogP contribution < -0.4 is 0 Å². The highest BCUT2D eigenvalue weighted by atomic mass is 19.1. The van der Waals surface area contributed by atoms with Gasteiger partial charge in [-0.15, -0.1) is 0 Å². The SMILES string of the molecule is Fc1cccc(-c2[nH]cc(C3=CC4CC(c5ccccc5)CN4CC3)c2-c2ccncc2)c1. The first-order valence-electron chi connectivity index (χ1n) is 11.6. The molecule has 33 heavy (non-hydrogen) atoms. The van der Waals surface area contributed by atoms with Crippen LogP contribution in [0, 0.1) is 5.82 Å². The van der Waals surface area contributed by atoms with E-state index in [0.717, 1.165) is 48.3 Å². The lowest BCUT2D eigenvalue weighted by Crippen LogP contribution is -2.32. The van der Waals surface area contributed by atoms with Crippen LogP contribution >= 0.6 is 0 Å². The molecule has 0 radical (unpaired) electrons. The van der Waals surface area contributed by atoms with E-state index in [0.29, 0.717) is 12.0 Å². The fraction of sp³-hybridized carbons (Fsp3) is 0.207. The Balaban J connectivity index is 1.39. The van der Waals surface area contributed by atoms with Crippen molar-refractivity contribution in [1.82, 2.24) is 14.9 Å². The summed E-state index contributed by atoms with van der Waals surface area (Å²) in [4.78, 5) is 10.3. The zero-order valence-corrected chi connectivity index (χ0v) is 18.4. The normalized spacial score (nSPS) is 20.5. The smallest absolute Gasteiger partial charge is 0.123 e. The molecule has 4 aromatic rings. The number of fused-ring (bicyclic) bond motifs is 1. The summed E-state index contributed by atoms with van der Waals surface area (Å²) in [7, 11) is 0. The van der Waals surface area contributed by atoms with Gasteiger partial charge < -0.3 is 4.98 Å². The Labute approximate surface area is 193 Å². The lowest BCUT2D eigenvalue weighted by molar-refractivity contribution is 0.286. The molecule has 2 aliphatic rings. The molecule has 0 spiro atoms. The summed E-state index contributed by atoms with van der Waals surface area (Å²) < 4.78 is 14.0. The summed E-state index contributed by atoms with van der Waals surface area (Å²) in [6, 6.07) is 22.2. The first-order valence-corrected chi connectivity index (χ1v) is 11.6. The molecular weight excluding hydrogens is 409 g/mol. The van der Waals surface area contributed by atoms with E-state index < -0.39 is 0 Å². The lowest BCUT2D eigenvalue weighted by Gasteiger charge is -2.28. The number of nitrogens with one attached hydrogen (secondary N) is 1. The predicted molar refractivity (Wildman–Crippen MR) is 131 cm³/mol. The van der Waals surface area contributed by atoms with Crippen LogP contribution in [0.4, 0.5) is 4.39 Å². The third-order valence-electron chi connectivity index (χ3n) is 7.09. The number of aromatic nitrogens is 2. The third kappa shape index (κ3) is 3.81. The molecule has 2 atom stereocenters. The maximum Gasteiger partial charge on any atom is 0.123 e. The monoisotopic (exact) mass is 435 g/mol. The van der Waals surface area contributed by atoms with Crippen molar-refractivity contribution in [2.24, 2.45) is 0 Å². The van der Waals surface area contributed by atoms with E-state index >= 15 is 0 Å². The number of H-pyrrole nitrogens is 1. The zero-order chi connectivity index (χ0) is 22.2. The molecule has 2 unspecified atom stereocenters. The van der Waals surface area contributed by atoms with Crippen molar-refractivity contribution < 1.29 is 4.39 Å². The molecule has 4 heterocycles. The van der Waals surface area contributed by atoms with Crippen molar-refractivity contribution in [1.29, 1.82) is 0 Å². The Morgan fingerprint density at radius 3 is 2.61 bits per heavy atom. The Morgan fingerprint density at radius 1 is 0.939 bits per heavy atom. The summed E-state index contributed by atoms with van der Waals surface area (Å²) in [5.41, 5.74) is 8.05. The second-order valence-electron chi connectivity index (χ2n) is 9.05. The number of rotatable bonds is 4. The van der Waals surface area contributed by atoms with Gasteiger partial charge in [0.25, 0.3) is 0 Å². The van der Waals surface area contributed by atoms with Crippen LogP contribution in [0.2, 0.25) is 0 Å².